The molecule has 0 spiro atoms. The molecule has 8 heteroatoms. The van der Waals surface area contributed by atoms with Gasteiger partial charge in [0.25, 0.3) is 23.6 Å². The molecule has 32 heavy (non-hydrogen) atoms. The summed E-state index contributed by atoms with van der Waals surface area (Å²) in [7, 11) is 1.56. The molecule has 2 aromatic rings. The van der Waals surface area contributed by atoms with Crippen LogP contribution in [0.4, 0.5) is 0 Å². The lowest BCUT2D eigenvalue weighted by Crippen LogP contribution is -2.34. The zero-order chi connectivity index (χ0) is 23.3. The number of fused-ring (bicyclic) bond motifs is 1. The molecular weight excluding hydrogens is 410 g/mol. The summed E-state index contributed by atoms with van der Waals surface area (Å²) in [4.78, 5) is 50.9. The Hall–Kier alpha value is -3.52. The minimum Gasteiger partial charge on any atom is -0.385 e. The van der Waals surface area contributed by atoms with E-state index in [9.17, 15) is 19.2 Å². The minimum atomic E-state index is -0.406. The molecule has 0 saturated heterocycles. The molecule has 3 rings (SSSR count). The van der Waals surface area contributed by atoms with Crippen molar-refractivity contribution < 1.29 is 23.9 Å². The predicted molar refractivity (Wildman–Crippen MR) is 119 cm³/mol. The van der Waals surface area contributed by atoms with Crippen molar-refractivity contribution in [1.82, 2.24) is 15.5 Å². The molecule has 0 unspecified atom stereocenters. The molecule has 0 saturated carbocycles. The summed E-state index contributed by atoms with van der Waals surface area (Å²) in [5.74, 6) is -1.36. The van der Waals surface area contributed by atoms with Gasteiger partial charge < -0.3 is 15.4 Å². The Morgan fingerprint density at radius 1 is 0.844 bits per heavy atom. The lowest BCUT2D eigenvalue weighted by atomic mass is 10.1. The van der Waals surface area contributed by atoms with E-state index < -0.39 is 5.91 Å². The SMILES string of the molecule is COCCCN1C(=O)c2ccc(C(=O)NCCNC(=O)c3ccc(C)c(C)c3)cc2C1=O. The maximum absolute atomic E-state index is 12.6. The Morgan fingerprint density at radius 2 is 1.44 bits per heavy atom. The highest BCUT2D eigenvalue weighted by molar-refractivity contribution is 6.22. The van der Waals surface area contributed by atoms with Crippen LogP contribution >= 0.6 is 0 Å². The average Bonchev–Trinajstić information content (AvgIpc) is 3.02. The summed E-state index contributed by atoms with van der Waals surface area (Å²) >= 11 is 0. The number of aryl methyl sites for hydroxylation is 2. The number of methoxy groups -OCH3 is 1. The summed E-state index contributed by atoms with van der Waals surface area (Å²) in [6.45, 7) is 5.12. The van der Waals surface area contributed by atoms with Crippen LogP contribution in [0.1, 0.15) is 59.0 Å². The third kappa shape index (κ3) is 5.03. The number of carbonyl (C=O) groups is 4. The second-order valence-corrected chi connectivity index (χ2v) is 7.68. The molecule has 0 bridgehead atoms. The van der Waals surface area contributed by atoms with Gasteiger partial charge in [0.05, 0.1) is 11.1 Å². The second kappa shape index (κ2) is 10.2. The van der Waals surface area contributed by atoms with Gasteiger partial charge in [0.2, 0.25) is 0 Å². The lowest BCUT2D eigenvalue weighted by molar-refractivity contribution is 0.0638. The second-order valence-electron chi connectivity index (χ2n) is 7.68. The van der Waals surface area contributed by atoms with Crippen molar-refractivity contribution in [3.05, 3.63) is 69.8 Å². The molecule has 1 aliphatic heterocycles. The molecule has 8 nitrogen and oxygen atoms in total. The van der Waals surface area contributed by atoms with Crippen LogP contribution in [0.3, 0.4) is 0 Å². The average molecular weight is 437 g/mol. The highest BCUT2D eigenvalue weighted by Crippen LogP contribution is 2.24. The van der Waals surface area contributed by atoms with Crippen LogP contribution in [0.2, 0.25) is 0 Å². The van der Waals surface area contributed by atoms with Crippen molar-refractivity contribution in [1.29, 1.82) is 0 Å². The van der Waals surface area contributed by atoms with Gasteiger partial charge >= 0.3 is 0 Å². The first-order valence-corrected chi connectivity index (χ1v) is 10.5. The molecule has 168 valence electrons. The van der Waals surface area contributed by atoms with Crippen molar-refractivity contribution in [2.75, 3.05) is 33.4 Å². The van der Waals surface area contributed by atoms with E-state index in [-0.39, 0.29) is 48.5 Å². The summed E-state index contributed by atoms with van der Waals surface area (Å²) in [5.41, 5.74) is 3.52. The van der Waals surface area contributed by atoms with Gasteiger partial charge in [-0.25, -0.2) is 0 Å². The number of amides is 4. The van der Waals surface area contributed by atoms with E-state index >= 15 is 0 Å². The smallest absolute Gasteiger partial charge is 0.261 e. The number of benzene rings is 2. The van der Waals surface area contributed by atoms with Gasteiger partial charge in [-0.05, 0) is 61.7 Å². The standard InChI is InChI=1S/C24H27N3O5/c1-15-5-6-17(13-16(15)2)21(28)25-9-10-26-22(29)18-7-8-19-20(14-18)24(31)27(23(19)30)11-4-12-32-3/h5-8,13-14H,4,9-12H2,1-3H3,(H,25,28)(H,26,29). The molecule has 0 radical (unpaired) electrons. The molecule has 0 atom stereocenters. The van der Waals surface area contributed by atoms with Gasteiger partial charge in [-0.3, -0.25) is 24.1 Å². The molecular formula is C24H27N3O5. The van der Waals surface area contributed by atoms with Gasteiger partial charge in [0.1, 0.15) is 0 Å². The Kier molecular flexibility index (Phi) is 7.37. The summed E-state index contributed by atoms with van der Waals surface area (Å²) in [6, 6.07) is 9.94. The number of nitrogens with one attached hydrogen (secondary N) is 2. The zero-order valence-corrected chi connectivity index (χ0v) is 18.5. The van der Waals surface area contributed by atoms with Crippen molar-refractivity contribution in [2.24, 2.45) is 0 Å². The highest BCUT2D eigenvalue weighted by Gasteiger charge is 2.35. The Labute approximate surface area is 186 Å². The molecule has 0 aromatic heterocycles. The van der Waals surface area contributed by atoms with Gasteiger partial charge in [0.15, 0.2) is 0 Å². The molecule has 0 aliphatic carbocycles. The number of carbonyl (C=O) groups excluding carboxylic acids is 4. The van der Waals surface area contributed by atoms with Crippen molar-refractivity contribution in [3.8, 4) is 0 Å². The first kappa shape index (κ1) is 23.1. The van der Waals surface area contributed by atoms with E-state index in [1.165, 1.54) is 23.1 Å². The number of hydrogen-bond acceptors (Lipinski definition) is 5. The fourth-order valence-corrected chi connectivity index (χ4v) is 3.44. The van der Waals surface area contributed by atoms with Crippen LogP contribution in [0, 0.1) is 13.8 Å². The van der Waals surface area contributed by atoms with E-state index in [0.717, 1.165) is 11.1 Å². The summed E-state index contributed by atoms with van der Waals surface area (Å²) in [5, 5.41) is 5.48. The maximum Gasteiger partial charge on any atom is 0.261 e. The maximum atomic E-state index is 12.6. The Bertz CT molecular complexity index is 1060. The lowest BCUT2D eigenvalue weighted by Gasteiger charge is -2.12. The number of ether oxygens (including phenoxy) is 1. The number of nitrogens with zero attached hydrogens (tertiary/aromatic N) is 1. The first-order chi connectivity index (χ1) is 15.3. The third-order valence-corrected chi connectivity index (χ3v) is 5.43. The first-order valence-electron chi connectivity index (χ1n) is 10.5. The van der Waals surface area contributed by atoms with E-state index in [1.807, 2.05) is 26.0 Å². The number of rotatable bonds is 9. The summed E-state index contributed by atoms with van der Waals surface area (Å²) in [6.07, 6.45) is 0.545. The minimum absolute atomic E-state index is 0.211. The van der Waals surface area contributed by atoms with Crippen molar-refractivity contribution in [3.63, 3.8) is 0 Å². The quantitative estimate of drug-likeness (QED) is 0.462. The summed E-state index contributed by atoms with van der Waals surface area (Å²) < 4.78 is 4.97. The van der Waals surface area contributed by atoms with Crippen LogP contribution in [-0.2, 0) is 4.74 Å². The van der Waals surface area contributed by atoms with Crippen LogP contribution in [0.25, 0.3) is 0 Å². The molecule has 2 N–H and O–H groups in total. The van der Waals surface area contributed by atoms with Gasteiger partial charge in [-0.15, -0.1) is 0 Å². The van der Waals surface area contributed by atoms with Crippen LogP contribution in [-0.4, -0.2) is 61.9 Å². The predicted octanol–water partition coefficient (Wildman–Crippen LogP) is 2.10. The normalized spacial score (nSPS) is 12.7. The fourth-order valence-electron chi connectivity index (χ4n) is 3.44. The van der Waals surface area contributed by atoms with Crippen LogP contribution in [0.15, 0.2) is 36.4 Å². The molecule has 4 amide bonds. The van der Waals surface area contributed by atoms with Crippen molar-refractivity contribution >= 4 is 23.6 Å². The number of hydrogen-bond donors (Lipinski definition) is 2. The number of imide groups is 1. The zero-order valence-electron chi connectivity index (χ0n) is 18.5. The Balaban J connectivity index is 1.53. The molecule has 1 aliphatic rings. The third-order valence-electron chi connectivity index (χ3n) is 5.43. The van der Waals surface area contributed by atoms with E-state index in [2.05, 4.69) is 10.6 Å². The highest BCUT2D eigenvalue weighted by atomic mass is 16.5. The topological polar surface area (TPSA) is 105 Å². The van der Waals surface area contributed by atoms with Crippen LogP contribution in [0.5, 0.6) is 0 Å². The molecule has 0 fully saturated rings. The largest absolute Gasteiger partial charge is 0.385 e. The van der Waals surface area contributed by atoms with E-state index in [4.69, 9.17) is 4.74 Å². The van der Waals surface area contributed by atoms with Gasteiger partial charge in [-0.2, -0.15) is 0 Å². The fraction of sp³-hybridized carbons (Fsp3) is 0.333. The van der Waals surface area contributed by atoms with Gasteiger partial charge in [-0.1, -0.05) is 6.07 Å². The Morgan fingerprint density at radius 3 is 2.06 bits per heavy atom. The van der Waals surface area contributed by atoms with Crippen molar-refractivity contribution in [2.45, 2.75) is 20.3 Å². The van der Waals surface area contributed by atoms with E-state index in [1.54, 1.807) is 13.2 Å². The van der Waals surface area contributed by atoms with E-state index in [0.29, 0.717) is 24.2 Å². The monoisotopic (exact) mass is 437 g/mol. The van der Waals surface area contributed by atoms with Gasteiger partial charge in [0, 0.05) is 44.5 Å². The van der Waals surface area contributed by atoms with Crippen LogP contribution < -0.4 is 10.6 Å². The molecule has 2 aromatic carbocycles. The molecule has 1 heterocycles.